The average Bonchev–Trinajstić information content (AvgIpc) is 2.14. The van der Waals surface area contributed by atoms with Crippen LogP contribution in [0.2, 0.25) is 0 Å². The lowest BCUT2D eigenvalue weighted by Gasteiger charge is -1.82. The first kappa shape index (κ1) is 5.04. The van der Waals surface area contributed by atoms with Crippen LogP contribution in [0.4, 0.5) is 0 Å². The number of hydrogen-bond acceptors (Lipinski definition) is 4. The number of hydrogen-bond donors (Lipinski definition) is 3. The van der Waals surface area contributed by atoms with Gasteiger partial charge in [-0.15, -0.1) is 0 Å². The second-order valence-corrected chi connectivity index (χ2v) is 1.35. The van der Waals surface area contributed by atoms with E-state index in [1.807, 2.05) is 0 Å². The topological polar surface area (TPSA) is 73.7 Å². The van der Waals surface area contributed by atoms with E-state index in [0.717, 1.165) is 0 Å². The second-order valence-electron chi connectivity index (χ2n) is 1.35. The predicted molar refractivity (Wildman–Crippen MR) is 25.4 cm³/mol. The third kappa shape index (κ3) is 0.627. The van der Waals surface area contributed by atoms with E-state index in [1.54, 1.807) is 0 Å². The first-order valence-corrected chi connectivity index (χ1v) is 2.08. The molecule has 0 aromatic carbocycles. The standard InChI is InChI=1S/C3H5N3O2/c7-3-2(6-8)1-4-5-3/h4,8H,1H2,(H,5,7)/b6-2+. The van der Waals surface area contributed by atoms with E-state index >= 15 is 0 Å². The summed E-state index contributed by atoms with van der Waals surface area (Å²) in [5.74, 6) is -0.368. The maximum Gasteiger partial charge on any atom is 0.284 e. The van der Waals surface area contributed by atoms with Gasteiger partial charge in [0, 0.05) is 0 Å². The molecule has 1 fully saturated rings. The molecule has 1 saturated heterocycles. The van der Waals surface area contributed by atoms with Crippen LogP contribution < -0.4 is 10.9 Å². The van der Waals surface area contributed by atoms with Crippen LogP contribution in [-0.2, 0) is 4.79 Å². The molecule has 0 saturated carbocycles. The molecule has 1 aliphatic heterocycles. The molecular formula is C3H5N3O2. The van der Waals surface area contributed by atoms with Crippen LogP contribution in [0, 0.1) is 0 Å². The smallest absolute Gasteiger partial charge is 0.284 e. The zero-order chi connectivity index (χ0) is 5.98. The molecule has 0 spiro atoms. The van der Waals surface area contributed by atoms with Gasteiger partial charge in [-0.3, -0.25) is 10.2 Å². The maximum atomic E-state index is 10.3. The number of hydrazine groups is 1. The van der Waals surface area contributed by atoms with Gasteiger partial charge in [-0.1, -0.05) is 5.16 Å². The van der Waals surface area contributed by atoms with Gasteiger partial charge >= 0.3 is 0 Å². The summed E-state index contributed by atoms with van der Waals surface area (Å²) < 4.78 is 0. The van der Waals surface area contributed by atoms with Gasteiger partial charge in [0.05, 0.1) is 6.54 Å². The van der Waals surface area contributed by atoms with Crippen LogP contribution in [0.5, 0.6) is 0 Å². The molecule has 0 radical (unpaired) electrons. The van der Waals surface area contributed by atoms with Gasteiger partial charge in [-0.2, -0.15) is 0 Å². The summed E-state index contributed by atoms with van der Waals surface area (Å²) in [7, 11) is 0. The summed E-state index contributed by atoms with van der Waals surface area (Å²) in [4.78, 5) is 10.3. The van der Waals surface area contributed by atoms with Crippen molar-refractivity contribution < 1.29 is 10.0 Å². The number of rotatable bonds is 0. The molecule has 44 valence electrons. The van der Waals surface area contributed by atoms with Crippen molar-refractivity contribution >= 4 is 11.6 Å². The first-order chi connectivity index (χ1) is 3.84. The van der Waals surface area contributed by atoms with Gasteiger partial charge in [0.15, 0.2) is 5.71 Å². The molecule has 5 heteroatoms. The minimum Gasteiger partial charge on any atom is -0.410 e. The third-order valence-electron chi connectivity index (χ3n) is 0.841. The molecule has 8 heavy (non-hydrogen) atoms. The number of carbonyl (C=O) groups is 1. The van der Waals surface area contributed by atoms with E-state index in [9.17, 15) is 4.79 Å². The Morgan fingerprint density at radius 3 is 2.75 bits per heavy atom. The molecule has 0 aliphatic carbocycles. The van der Waals surface area contributed by atoms with Crippen molar-refractivity contribution in [2.24, 2.45) is 5.16 Å². The van der Waals surface area contributed by atoms with Crippen LogP contribution in [0.3, 0.4) is 0 Å². The fourth-order valence-corrected chi connectivity index (χ4v) is 0.441. The number of carbonyl (C=O) groups excluding carboxylic acids is 1. The Labute approximate surface area is 45.3 Å². The first-order valence-electron chi connectivity index (χ1n) is 2.08. The monoisotopic (exact) mass is 115 g/mol. The van der Waals surface area contributed by atoms with Crippen LogP contribution in [0.15, 0.2) is 5.16 Å². The summed E-state index contributed by atoms with van der Waals surface area (Å²) in [6.45, 7) is 0.287. The van der Waals surface area contributed by atoms with Gasteiger partial charge in [0.2, 0.25) is 0 Å². The van der Waals surface area contributed by atoms with Crippen LogP contribution in [0.25, 0.3) is 0 Å². The normalized spacial score (nSPS) is 24.0. The summed E-state index contributed by atoms with van der Waals surface area (Å²) >= 11 is 0. The summed E-state index contributed by atoms with van der Waals surface area (Å²) in [5, 5.41) is 10.7. The molecule has 0 bridgehead atoms. The van der Waals surface area contributed by atoms with E-state index in [-0.39, 0.29) is 18.2 Å². The van der Waals surface area contributed by atoms with E-state index < -0.39 is 0 Å². The van der Waals surface area contributed by atoms with Gasteiger partial charge < -0.3 is 5.21 Å². The Bertz CT molecular complexity index is 141. The number of amides is 1. The molecule has 1 aliphatic rings. The predicted octanol–water partition coefficient (Wildman–Crippen LogP) is -1.55. The van der Waals surface area contributed by atoms with Crippen LogP contribution in [-0.4, -0.2) is 23.4 Å². The molecule has 1 heterocycles. The van der Waals surface area contributed by atoms with Crippen LogP contribution in [0.1, 0.15) is 0 Å². The zero-order valence-corrected chi connectivity index (χ0v) is 4.01. The fraction of sp³-hybridized carbons (Fsp3) is 0.333. The minimum absolute atomic E-state index is 0.116. The van der Waals surface area contributed by atoms with Gasteiger partial charge in [-0.05, 0) is 0 Å². The fourth-order valence-electron chi connectivity index (χ4n) is 0.441. The molecule has 3 N–H and O–H groups in total. The van der Waals surface area contributed by atoms with Crippen LogP contribution >= 0.6 is 0 Å². The van der Waals surface area contributed by atoms with E-state index in [2.05, 4.69) is 16.0 Å². The largest absolute Gasteiger partial charge is 0.410 e. The van der Waals surface area contributed by atoms with E-state index in [4.69, 9.17) is 5.21 Å². The lowest BCUT2D eigenvalue weighted by atomic mass is 10.4. The Hall–Kier alpha value is -1.10. The van der Waals surface area contributed by atoms with Crippen molar-refractivity contribution in [3.05, 3.63) is 0 Å². The number of oxime groups is 1. The highest BCUT2D eigenvalue weighted by atomic mass is 16.4. The van der Waals surface area contributed by atoms with Gasteiger partial charge in [0.1, 0.15) is 0 Å². The average molecular weight is 115 g/mol. The Morgan fingerprint density at radius 1 is 1.75 bits per heavy atom. The quantitative estimate of drug-likeness (QED) is 0.264. The van der Waals surface area contributed by atoms with Crippen molar-refractivity contribution in [1.82, 2.24) is 10.9 Å². The van der Waals surface area contributed by atoms with E-state index in [1.165, 1.54) is 0 Å². The summed E-state index contributed by atoms with van der Waals surface area (Å²) in [6, 6.07) is 0. The lowest BCUT2D eigenvalue weighted by Crippen LogP contribution is -2.26. The van der Waals surface area contributed by atoms with Gasteiger partial charge in [0.25, 0.3) is 5.91 Å². The second kappa shape index (κ2) is 1.79. The SMILES string of the molecule is O=C1NNC/C1=N\O. The molecule has 1 amide bonds. The third-order valence-corrected chi connectivity index (χ3v) is 0.841. The lowest BCUT2D eigenvalue weighted by molar-refractivity contribution is -0.114. The van der Waals surface area contributed by atoms with Gasteiger partial charge in [-0.25, -0.2) is 5.43 Å². The summed E-state index contributed by atoms with van der Waals surface area (Å²) in [5.41, 5.74) is 4.84. The molecule has 5 nitrogen and oxygen atoms in total. The Balaban J connectivity index is 2.69. The molecule has 0 unspecified atom stereocenters. The Kier molecular flexibility index (Phi) is 1.13. The van der Waals surface area contributed by atoms with E-state index in [0.29, 0.717) is 0 Å². The van der Waals surface area contributed by atoms with Crippen molar-refractivity contribution in [2.75, 3.05) is 6.54 Å². The minimum atomic E-state index is -0.368. The van der Waals surface area contributed by atoms with Crippen molar-refractivity contribution in [1.29, 1.82) is 0 Å². The molecular weight excluding hydrogens is 110 g/mol. The Morgan fingerprint density at radius 2 is 2.50 bits per heavy atom. The number of nitrogens with one attached hydrogen (secondary N) is 2. The highest BCUT2D eigenvalue weighted by molar-refractivity contribution is 6.40. The molecule has 0 aromatic rings. The zero-order valence-electron chi connectivity index (χ0n) is 4.01. The maximum absolute atomic E-state index is 10.3. The van der Waals surface area contributed by atoms with Crippen molar-refractivity contribution in [3.63, 3.8) is 0 Å². The number of nitrogens with zero attached hydrogens (tertiary/aromatic N) is 1. The highest BCUT2D eigenvalue weighted by Crippen LogP contribution is 1.79. The summed E-state index contributed by atoms with van der Waals surface area (Å²) in [6.07, 6.45) is 0. The van der Waals surface area contributed by atoms with Crippen molar-refractivity contribution in [3.8, 4) is 0 Å². The molecule has 0 atom stereocenters. The highest BCUT2D eigenvalue weighted by Gasteiger charge is 2.17. The molecule has 1 rings (SSSR count). The van der Waals surface area contributed by atoms with Crippen molar-refractivity contribution in [2.45, 2.75) is 0 Å². The molecule has 0 aromatic heterocycles.